The Balaban J connectivity index is 2.88. The van der Waals surface area contributed by atoms with E-state index in [1.54, 1.807) is 18.2 Å². The van der Waals surface area contributed by atoms with Crippen molar-refractivity contribution in [1.82, 2.24) is 0 Å². The fourth-order valence-electron chi connectivity index (χ4n) is 1.47. The lowest BCUT2D eigenvalue weighted by Crippen LogP contribution is -2.09. The Morgan fingerprint density at radius 2 is 2.19 bits per heavy atom. The molecule has 1 atom stereocenters. The lowest BCUT2D eigenvalue weighted by Gasteiger charge is -2.16. The maximum atomic E-state index is 11.6. The molecule has 0 fully saturated rings. The van der Waals surface area contributed by atoms with Crippen LogP contribution in [0.2, 0.25) is 0 Å². The van der Waals surface area contributed by atoms with Gasteiger partial charge in [0.05, 0.1) is 0 Å². The number of para-hydroxylation sites is 1. The molecule has 85 valence electrons. The van der Waals surface area contributed by atoms with E-state index in [-0.39, 0.29) is 5.75 Å². The van der Waals surface area contributed by atoms with Gasteiger partial charge >= 0.3 is 5.97 Å². The van der Waals surface area contributed by atoms with Gasteiger partial charge in [-0.2, -0.15) is 0 Å². The van der Waals surface area contributed by atoms with Crippen molar-refractivity contribution in [3.63, 3.8) is 0 Å². The highest BCUT2D eigenvalue weighted by Crippen LogP contribution is 2.30. The van der Waals surface area contributed by atoms with Gasteiger partial charge in [0.2, 0.25) is 0 Å². The summed E-state index contributed by atoms with van der Waals surface area (Å²) < 4.78 is 5.15. The summed E-state index contributed by atoms with van der Waals surface area (Å²) in [5.41, 5.74) is 0.527. The molecule has 3 heteroatoms. The number of benzene rings is 1. The summed E-state index contributed by atoms with van der Waals surface area (Å²) in [5, 5.41) is 11.6. The molecule has 0 heterocycles. The van der Waals surface area contributed by atoms with E-state index in [2.05, 4.69) is 6.58 Å². The maximum absolute atomic E-state index is 11.6. The zero-order valence-electron chi connectivity index (χ0n) is 9.31. The van der Waals surface area contributed by atoms with Gasteiger partial charge in [-0.05, 0) is 12.5 Å². The van der Waals surface area contributed by atoms with Crippen molar-refractivity contribution >= 4 is 5.97 Å². The van der Waals surface area contributed by atoms with Crippen molar-refractivity contribution in [2.75, 3.05) is 0 Å². The molecule has 0 aromatic heterocycles. The van der Waals surface area contributed by atoms with Gasteiger partial charge in [-0.15, -0.1) is 0 Å². The predicted octanol–water partition coefficient (Wildman–Crippen LogP) is 3.40. The van der Waals surface area contributed by atoms with Gasteiger partial charge in [-0.1, -0.05) is 38.1 Å². The Morgan fingerprint density at radius 1 is 1.50 bits per heavy atom. The molecule has 1 unspecified atom stereocenters. The van der Waals surface area contributed by atoms with Crippen LogP contribution in [0, 0.1) is 0 Å². The summed E-state index contributed by atoms with van der Waals surface area (Å²) in [6, 6.07) is 6.60. The highest BCUT2D eigenvalue weighted by molar-refractivity contribution is 5.81. The van der Waals surface area contributed by atoms with Gasteiger partial charge in [0.15, 0.2) is 5.75 Å². The number of hydrogen-bond donors (Lipinski definition) is 0. The molecule has 0 spiro atoms. The Bertz CT molecular complexity index is 371. The molecule has 16 heavy (non-hydrogen) atoms. The number of hydrogen-bond acceptors (Lipinski definition) is 2. The van der Waals surface area contributed by atoms with E-state index in [1.165, 1.54) is 6.07 Å². The van der Waals surface area contributed by atoms with Crippen molar-refractivity contribution < 1.29 is 14.6 Å². The van der Waals surface area contributed by atoms with Crippen LogP contribution in [0.5, 0.6) is 5.75 Å². The number of carbonyl (C=O) groups excluding carboxylic acids is 1. The van der Waals surface area contributed by atoms with Crippen LogP contribution < -0.4 is 0 Å². The lowest BCUT2D eigenvalue weighted by atomic mass is 10.0. The molecule has 0 amide bonds. The largest absolute Gasteiger partial charge is 0.454 e. The molecular formula is C13H15O3. The lowest BCUT2D eigenvalue weighted by molar-refractivity contribution is -0.143. The molecule has 0 bridgehead atoms. The number of esters is 1. The predicted molar refractivity (Wildman–Crippen MR) is 60.5 cm³/mol. The molecule has 3 nitrogen and oxygen atoms in total. The van der Waals surface area contributed by atoms with Gasteiger partial charge in [0.25, 0.3) is 0 Å². The Hall–Kier alpha value is -1.77. The van der Waals surface area contributed by atoms with E-state index >= 15 is 0 Å². The fourth-order valence-corrected chi connectivity index (χ4v) is 1.47. The molecule has 0 aliphatic rings. The van der Waals surface area contributed by atoms with Crippen molar-refractivity contribution in [2.45, 2.75) is 25.9 Å². The normalized spacial score (nSPS) is 11.8. The van der Waals surface area contributed by atoms with E-state index in [4.69, 9.17) is 4.74 Å². The standard InChI is InChI=1S/C13H15O3/c1-3-7-12(16-13(15)4-2)10-8-5-6-9-11(10)14/h4-6,8-9,12H,2-3,7H2,1H3. The second-order valence-corrected chi connectivity index (χ2v) is 3.46. The number of ether oxygens (including phenoxy) is 1. The summed E-state index contributed by atoms with van der Waals surface area (Å²) in [7, 11) is 0. The first-order valence-corrected chi connectivity index (χ1v) is 5.28. The highest BCUT2D eigenvalue weighted by Gasteiger charge is 2.18. The van der Waals surface area contributed by atoms with Crippen LogP contribution >= 0.6 is 0 Å². The van der Waals surface area contributed by atoms with Crippen molar-refractivity contribution in [2.24, 2.45) is 0 Å². The molecule has 1 aromatic carbocycles. The molecule has 1 aromatic rings. The quantitative estimate of drug-likeness (QED) is 0.562. The molecule has 1 rings (SSSR count). The molecule has 0 aliphatic heterocycles. The topological polar surface area (TPSA) is 46.2 Å². The first-order chi connectivity index (χ1) is 7.69. The van der Waals surface area contributed by atoms with Gasteiger partial charge in [-0.25, -0.2) is 4.79 Å². The van der Waals surface area contributed by atoms with Crippen LogP contribution in [0.3, 0.4) is 0 Å². The molecule has 0 saturated heterocycles. The molecule has 0 N–H and O–H groups in total. The summed E-state index contributed by atoms with van der Waals surface area (Å²) in [6.07, 6.45) is 2.11. The minimum absolute atomic E-state index is 0.0992. The van der Waals surface area contributed by atoms with E-state index in [9.17, 15) is 9.90 Å². The van der Waals surface area contributed by atoms with Crippen LogP contribution in [-0.4, -0.2) is 5.97 Å². The fraction of sp³-hybridized carbons (Fsp3) is 0.308. The smallest absolute Gasteiger partial charge is 0.330 e. The second-order valence-electron chi connectivity index (χ2n) is 3.46. The highest BCUT2D eigenvalue weighted by atomic mass is 16.5. The SMILES string of the molecule is C=CC(=O)OC(CCC)c1ccccc1[O]. The van der Waals surface area contributed by atoms with Crippen molar-refractivity contribution in [3.05, 3.63) is 42.5 Å². The van der Waals surface area contributed by atoms with Crippen molar-refractivity contribution in [3.8, 4) is 5.75 Å². The van der Waals surface area contributed by atoms with Crippen LogP contribution in [0.1, 0.15) is 31.4 Å². The summed E-state index contributed by atoms with van der Waals surface area (Å²) in [6.45, 7) is 5.31. The van der Waals surface area contributed by atoms with E-state index in [0.717, 1.165) is 12.5 Å². The third-order valence-corrected chi connectivity index (χ3v) is 2.24. The zero-order valence-corrected chi connectivity index (χ0v) is 9.31. The minimum Gasteiger partial charge on any atom is -0.454 e. The molecule has 0 aliphatic carbocycles. The monoisotopic (exact) mass is 219 g/mol. The number of rotatable bonds is 5. The summed E-state index contributed by atoms with van der Waals surface area (Å²) >= 11 is 0. The van der Waals surface area contributed by atoms with Crippen molar-refractivity contribution in [1.29, 1.82) is 0 Å². The third-order valence-electron chi connectivity index (χ3n) is 2.24. The number of carbonyl (C=O) groups is 1. The molecule has 0 saturated carbocycles. The summed E-state index contributed by atoms with van der Waals surface area (Å²) in [4.78, 5) is 11.1. The van der Waals surface area contributed by atoms with Crippen LogP contribution in [-0.2, 0) is 14.6 Å². The Kier molecular flexibility index (Phi) is 4.58. The van der Waals surface area contributed by atoms with Crippen LogP contribution in [0.25, 0.3) is 0 Å². The Morgan fingerprint density at radius 3 is 2.75 bits per heavy atom. The first kappa shape index (κ1) is 12.3. The average molecular weight is 219 g/mol. The third kappa shape index (κ3) is 3.12. The van der Waals surface area contributed by atoms with Gasteiger partial charge in [-0.3, -0.25) is 5.11 Å². The Labute approximate surface area is 95.4 Å². The van der Waals surface area contributed by atoms with Gasteiger partial charge in [0, 0.05) is 11.6 Å². The van der Waals surface area contributed by atoms with Gasteiger partial charge in [0.1, 0.15) is 6.10 Å². The molecular weight excluding hydrogens is 204 g/mol. The van der Waals surface area contributed by atoms with Gasteiger partial charge < -0.3 is 4.74 Å². The van der Waals surface area contributed by atoms with Crippen LogP contribution in [0.15, 0.2) is 36.9 Å². The van der Waals surface area contributed by atoms with Crippen LogP contribution in [0.4, 0.5) is 0 Å². The first-order valence-electron chi connectivity index (χ1n) is 5.28. The zero-order chi connectivity index (χ0) is 12.0. The maximum Gasteiger partial charge on any atom is 0.330 e. The van der Waals surface area contributed by atoms with E-state index in [1.807, 2.05) is 6.92 Å². The average Bonchev–Trinajstić information content (AvgIpc) is 2.29. The minimum atomic E-state index is -0.498. The van der Waals surface area contributed by atoms with E-state index in [0.29, 0.717) is 12.0 Å². The second kappa shape index (κ2) is 5.95. The molecule has 1 radical (unpaired) electrons. The van der Waals surface area contributed by atoms with E-state index < -0.39 is 12.1 Å². The summed E-state index contributed by atoms with van der Waals surface area (Å²) in [5.74, 6) is -0.598.